The van der Waals surface area contributed by atoms with Crippen LogP contribution in [0.15, 0.2) is 59.2 Å². The first kappa shape index (κ1) is 26.4. The van der Waals surface area contributed by atoms with Gasteiger partial charge in [0.15, 0.2) is 5.71 Å². The summed E-state index contributed by atoms with van der Waals surface area (Å²) in [5.74, 6) is -13.6. The Balaban J connectivity index is 1.99. The lowest BCUT2D eigenvalue weighted by Gasteiger charge is -2.27. The number of amides is 1. The second-order valence-corrected chi connectivity index (χ2v) is 8.78. The Bertz CT molecular complexity index is 1420. The van der Waals surface area contributed by atoms with Gasteiger partial charge < -0.3 is 4.57 Å². The number of hydrogen-bond acceptors (Lipinski definition) is 2. The molecule has 0 saturated heterocycles. The molecule has 0 saturated carbocycles. The Morgan fingerprint density at radius 1 is 0.946 bits per heavy atom. The lowest BCUT2D eigenvalue weighted by atomic mass is 9.96. The van der Waals surface area contributed by atoms with Crippen molar-refractivity contribution in [1.82, 2.24) is 4.57 Å². The lowest BCUT2D eigenvalue weighted by Crippen LogP contribution is -2.56. The summed E-state index contributed by atoms with van der Waals surface area (Å²) in [6.45, 7) is 5.89. The van der Waals surface area contributed by atoms with E-state index in [-0.39, 0.29) is 11.3 Å². The topological polar surface area (TPSA) is 37.6 Å². The summed E-state index contributed by atoms with van der Waals surface area (Å²) in [5.41, 5.74) is -0.777. The molecular formula is C26H22F7N3O. The van der Waals surface area contributed by atoms with E-state index in [0.29, 0.717) is 34.6 Å². The number of carbonyl (C=O) groups excluding carboxylic acids is 1. The number of fused-ring (bicyclic) bond motifs is 1. The Labute approximate surface area is 207 Å². The smallest absolute Gasteiger partial charge is 0.344 e. The molecule has 1 amide bonds. The SMILES string of the molecule is CCCn1c(C)c(/C=C2/C(=O)N(c3ccccc3)N=C2C(F)(F)C(F)(F)C(F)(F)F)c2cc(C)ccc21. The molecule has 3 aromatic rings. The minimum absolute atomic E-state index is 0.0690. The van der Waals surface area contributed by atoms with Crippen LogP contribution in [0, 0.1) is 13.8 Å². The fourth-order valence-corrected chi connectivity index (χ4v) is 4.31. The predicted octanol–water partition coefficient (Wildman–Crippen LogP) is 7.29. The molecule has 0 bridgehead atoms. The average molecular weight is 525 g/mol. The quantitative estimate of drug-likeness (QED) is 0.246. The normalized spacial score (nSPS) is 16.3. The number of rotatable bonds is 6. The molecule has 0 radical (unpaired) electrons. The number of aromatic nitrogens is 1. The maximum Gasteiger partial charge on any atom is 0.460 e. The van der Waals surface area contributed by atoms with Crippen LogP contribution < -0.4 is 5.01 Å². The van der Waals surface area contributed by atoms with Crippen LogP contribution in [0.2, 0.25) is 0 Å². The van der Waals surface area contributed by atoms with Crippen molar-refractivity contribution in [1.29, 1.82) is 0 Å². The third-order valence-electron chi connectivity index (χ3n) is 6.19. The van der Waals surface area contributed by atoms with Crippen molar-refractivity contribution in [2.45, 2.75) is 51.8 Å². The van der Waals surface area contributed by atoms with Gasteiger partial charge in [-0.15, -0.1) is 0 Å². The van der Waals surface area contributed by atoms with Gasteiger partial charge in [-0.05, 0) is 50.6 Å². The summed E-state index contributed by atoms with van der Waals surface area (Å²) >= 11 is 0. The molecule has 4 nitrogen and oxygen atoms in total. The van der Waals surface area contributed by atoms with Gasteiger partial charge in [-0.3, -0.25) is 4.79 Å². The third-order valence-corrected chi connectivity index (χ3v) is 6.19. The lowest BCUT2D eigenvalue weighted by molar-refractivity contribution is -0.336. The molecule has 196 valence electrons. The molecule has 1 aliphatic heterocycles. The van der Waals surface area contributed by atoms with Gasteiger partial charge in [-0.2, -0.15) is 40.8 Å². The largest absolute Gasteiger partial charge is 0.460 e. The number of para-hydroxylation sites is 1. The molecule has 0 N–H and O–H groups in total. The first-order valence-electron chi connectivity index (χ1n) is 11.3. The van der Waals surface area contributed by atoms with Crippen LogP contribution in [-0.4, -0.2) is 34.2 Å². The van der Waals surface area contributed by atoms with E-state index in [4.69, 9.17) is 0 Å². The maximum absolute atomic E-state index is 15.0. The van der Waals surface area contributed by atoms with Crippen LogP contribution in [0.25, 0.3) is 17.0 Å². The molecule has 0 aliphatic carbocycles. The number of alkyl halides is 7. The first-order valence-corrected chi connectivity index (χ1v) is 11.3. The summed E-state index contributed by atoms with van der Waals surface area (Å²) in [7, 11) is 0. The number of halogens is 7. The zero-order chi connectivity index (χ0) is 27.3. The molecule has 0 unspecified atom stereocenters. The van der Waals surface area contributed by atoms with Crippen molar-refractivity contribution < 1.29 is 35.5 Å². The van der Waals surface area contributed by atoms with Crippen LogP contribution in [0.3, 0.4) is 0 Å². The molecule has 4 rings (SSSR count). The molecule has 2 heterocycles. The third kappa shape index (κ3) is 4.19. The highest BCUT2D eigenvalue weighted by molar-refractivity contribution is 6.35. The minimum Gasteiger partial charge on any atom is -0.344 e. The van der Waals surface area contributed by atoms with Gasteiger partial charge in [0.05, 0.1) is 11.3 Å². The Hall–Kier alpha value is -3.63. The van der Waals surface area contributed by atoms with E-state index < -0.39 is 35.2 Å². The van der Waals surface area contributed by atoms with Crippen molar-refractivity contribution in [3.8, 4) is 0 Å². The molecule has 37 heavy (non-hydrogen) atoms. The Kier molecular flexibility index (Phi) is 6.46. The molecular weight excluding hydrogens is 503 g/mol. The van der Waals surface area contributed by atoms with Gasteiger partial charge in [0.25, 0.3) is 5.91 Å². The van der Waals surface area contributed by atoms with E-state index in [1.54, 1.807) is 32.0 Å². The second-order valence-electron chi connectivity index (χ2n) is 8.78. The van der Waals surface area contributed by atoms with E-state index in [1.165, 1.54) is 24.3 Å². The van der Waals surface area contributed by atoms with E-state index in [1.807, 2.05) is 17.6 Å². The fourth-order valence-electron chi connectivity index (χ4n) is 4.31. The van der Waals surface area contributed by atoms with E-state index in [2.05, 4.69) is 5.10 Å². The number of hydrogen-bond donors (Lipinski definition) is 0. The second kappa shape index (κ2) is 9.04. The van der Waals surface area contributed by atoms with Crippen molar-refractivity contribution >= 4 is 34.3 Å². The number of carbonyl (C=O) groups is 1. The van der Waals surface area contributed by atoms with E-state index in [9.17, 15) is 35.5 Å². The molecule has 0 fully saturated rings. The predicted molar refractivity (Wildman–Crippen MR) is 127 cm³/mol. The highest BCUT2D eigenvalue weighted by Crippen LogP contribution is 2.49. The zero-order valence-corrected chi connectivity index (χ0v) is 20.0. The number of benzene rings is 2. The first-order chi connectivity index (χ1) is 17.2. The average Bonchev–Trinajstić information content (AvgIpc) is 3.29. The molecule has 0 spiro atoms. The summed E-state index contributed by atoms with van der Waals surface area (Å²) in [5, 5.41) is 4.28. The Morgan fingerprint density at radius 2 is 1.59 bits per heavy atom. The van der Waals surface area contributed by atoms with Gasteiger partial charge in [0.1, 0.15) is 0 Å². The van der Waals surface area contributed by atoms with Gasteiger partial charge in [-0.1, -0.05) is 36.8 Å². The van der Waals surface area contributed by atoms with Crippen molar-refractivity contribution in [2.24, 2.45) is 5.10 Å². The number of hydrazone groups is 1. The van der Waals surface area contributed by atoms with Crippen LogP contribution in [-0.2, 0) is 11.3 Å². The van der Waals surface area contributed by atoms with Gasteiger partial charge in [0.2, 0.25) is 0 Å². The molecule has 11 heteroatoms. The maximum atomic E-state index is 15.0. The van der Waals surface area contributed by atoms with Gasteiger partial charge >= 0.3 is 18.0 Å². The molecule has 1 aromatic heterocycles. The van der Waals surface area contributed by atoms with Crippen LogP contribution in [0.4, 0.5) is 36.4 Å². The summed E-state index contributed by atoms with van der Waals surface area (Å²) in [6, 6.07) is 12.4. The summed E-state index contributed by atoms with van der Waals surface area (Å²) < 4.78 is 99.2. The van der Waals surface area contributed by atoms with Gasteiger partial charge in [0, 0.05) is 28.7 Å². The van der Waals surface area contributed by atoms with Gasteiger partial charge in [-0.25, -0.2) is 0 Å². The van der Waals surface area contributed by atoms with Crippen LogP contribution in [0.1, 0.15) is 30.2 Å². The van der Waals surface area contributed by atoms with E-state index in [0.717, 1.165) is 11.6 Å². The van der Waals surface area contributed by atoms with Crippen molar-refractivity contribution in [2.75, 3.05) is 5.01 Å². The number of anilines is 1. The van der Waals surface area contributed by atoms with E-state index >= 15 is 0 Å². The highest BCUT2D eigenvalue weighted by atomic mass is 19.4. The monoisotopic (exact) mass is 525 g/mol. The molecule has 2 aromatic carbocycles. The summed E-state index contributed by atoms with van der Waals surface area (Å²) in [4.78, 5) is 13.3. The molecule has 1 aliphatic rings. The van der Waals surface area contributed by atoms with Crippen LogP contribution in [0.5, 0.6) is 0 Å². The zero-order valence-electron chi connectivity index (χ0n) is 20.0. The number of aryl methyl sites for hydroxylation is 2. The fraction of sp³-hybridized carbons (Fsp3) is 0.308. The Morgan fingerprint density at radius 3 is 2.19 bits per heavy atom. The van der Waals surface area contributed by atoms with Crippen molar-refractivity contribution in [3.63, 3.8) is 0 Å². The highest BCUT2D eigenvalue weighted by Gasteiger charge is 2.76. The number of nitrogens with zero attached hydrogens (tertiary/aromatic N) is 3. The minimum atomic E-state index is -6.59. The molecule has 0 atom stereocenters. The summed E-state index contributed by atoms with van der Waals surface area (Å²) in [6.07, 6.45) is -4.94. The van der Waals surface area contributed by atoms with Crippen LogP contribution >= 0.6 is 0 Å². The standard InChI is InChI=1S/C26H22F7N3O/c1-4-12-35-16(3)18(19-13-15(2)10-11-21(19)35)14-20-22(24(27,28)25(29,30)26(31,32)33)34-36(23(20)37)17-8-6-5-7-9-17/h5-11,13-14H,4,12H2,1-3H3/b20-14+. The van der Waals surface area contributed by atoms with Crippen molar-refractivity contribution in [3.05, 3.63) is 70.9 Å².